The minimum atomic E-state index is 0.326. The Morgan fingerprint density at radius 1 is 1.00 bits per heavy atom. The summed E-state index contributed by atoms with van der Waals surface area (Å²) >= 11 is 0. The van der Waals surface area contributed by atoms with Crippen molar-refractivity contribution in [3.63, 3.8) is 0 Å². The molecule has 3 heteroatoms. The van der Waals surface area contributed by atoms with Crippen molar-refractivity contribution in [2.75, 3.05) is 6.54 Å². The number of quaternary nitrogens is 1. The molecule has 0 aliphatic rings. The summed E-state index contributed by atoms with van der Waals surface area (Å²) in [7, 11) is 0. The molecule has 0 unspecified atom stereocenters. The van der Waals surface area contributed by atoms with E-state index < -0.39 is 0 Å². The van der Waals surface area contributed by atoms with E-state index in [1.54, 1.807) is 12.1 Å². The van der Waals surface area contributed by atoms with Crippen molar-refractivity contribution in [1.29, 1.82) is 0 Å². The molecule has 0 aliphatic heterocycles. The van der Waals surface area contributed by atoms with Gasteiger partial charge in [-0.25, -0.2) is 0 Å². The molecule has 3 aromatic rings. The third-order valence-corrected chi connectivity index (χ3v) is 3.61. The standard InChI is InChI=1S/C17H18N2O/c20-15-7-5-13(6-8-15)11-18-10-9-14-12-19-17-4-2-1-3-16(14)17/h1-8,12,18-20H,9-11H2/p+1. The minimum absolute atomic E-state index is 0.326. The number of H-pyrrole nitrogens is 1. The van der Waals surface area contributed by atoms with Gasteiger partial charge in [0.1, 0.15) is 12.3 Å². The fourth-order valence-electron chi connectivity index (χ4n) is 2.50. The van der Waals surface area contributed by atoms with Crippen LogP contribution in [0, 0.1) is 0 Å². The first-order chi connectivity index (χ1) is 9.83. The second-order valence-corrected chi connectivity index (χ2v) is 5.06. The van der Waals surface area contributed by atoms with Gasteiger partial charge in [-0.3, -0.25) is 0 Å². The van der Waals surface area contributed by atoms with Crippen molar-refractivity contribution in [3.05, 3.63) is 65.9 Å². The summed E-state index contributed by atoms with van der Waals surface area (Å²) in [4.78, 5) is 3.31. The molecule has 1 heterocycles. The zero-order chi connectivity index (χ0) is 13.8. The highest BCUT2D eigenvalue weighted by Crippen LogP contribution is 2.17. The Bertz CT molecular complexity index is 686. The lowest BCUT2D eigenvalue weighted by Crippen LogP contribution is -2.83. The molecule has 0 spiro atoms. The van der Waals surface area contributed by atoms with Crippen molar-refractivity contribution >= 4 is 10.9 Å². The van der Waals surface area contributed by atoms with Gasteiger partial charge in [-0.05, 0) is 35.9 Å². The quantitative estimate of drug-likeness (QED) is 0.610. The number of aromatic hydroxyl groups is 1. The average molecular weight is 267 g/mol. The third kappa shape index (κ3) is 2.83. The minimum Gasteiger partial charge on any atom is -0.508 e. The largest absolute Gasteiger partial charge is 0.508 e. The van der Waals surface area contributed by atoms with Crippen molar-refractivity contribution in [1.82, 2.24) is 4.98 Å². The maximum absolute atomic E-state index is 9.24. The number of para-hydroxylation sites is 1. The van der Waals surface area contributed by atoms with E-state index in [4.69, 9.17) is 0 Å². The van der Waals surface area contributed by atoms with Gasteiger partial charge in [-0.15, -0.1) is 0 Å². The molecule has 3 nitrogen and oxygen atoms in total. The number of rotatable bonds is 5. The van der Waals surface area contributed by atoms with Crippen LogP contribution in [0.2, 0.25) is 0 Å². The van der Waals surface area contributed by atoms with Crippen molar-refractivity contribution in [2.45, 2.75) is 13.0 Å². The SMILES string of the molecule is Oc1ccc(C[NH2+]CCc2c[nH]c3ccccc23)cc1. The number of hydrogen-bond donors (Lipinski definition) is 3. The number of aromatic amines is 1. The number of aromatic nitrogens is 1. The van der Waals surface area contributed by atoms with E-state index in [1.165, 1.54) is 22.0 Å². The molecule has 0 bridgehead atoms. The Balaban J connectivity index is 1.54. The monoisotopic (exact) mass is 267 g/mol. The van der Waals surface area contributed by atoms with Crippen LogP contribution in [0.15, 0.2) is 54.7 Å². The fourth-order valence-corrected chi connectivity index (χ4v) is 2.50. The summed E-state index contributed by atoms with van der Waals surface area (Å²) in [6, 6.07) is 15.8. The van der Waals surface area contributed by atoms with E-state index in [9.17, 15) is 5.11 Å². The number of phenols is 1. The summed E-state index contributed by atoms with van der Waals surface area (Å²) in [5.41, 5.74) is 3.82. The van der Waals surface area contributed by atoms with Crippen LogP contribution in [0.4, 0.5) is 0 Å². The van der Waals surface area contributed by atoms with Gasteiger partial charge in [0.05, 0.1) is 6.54 Å². The van der Waals surface area contributed by atoms with Crippen LogP contribution in [0.3, 0.4) is 0 Å². The van der Waals surface area contributed by atoms with Gasteiger partial charge in [0.15, 0.2) is 0 Å². The van der Waals surface area contributed by atoms with Crippen molar-refractivity contribution in [3.8, 4) is 5.75 Å². The predicted molar refractivity (Wildman–Crippen MR) is 80.6 cm³/mol. The van der Waals surface area contributed by atoms with Gasteiger partial charge in [-0.1, -0.05) is 18.2 Å². The number of benzene rings is 2. The Kier molecular flexibility index (Phi) is 3.70. The van der Waals surface area contributed by atoms with Gasteiger partial charge < -0.3 is 15.4 Å². The maximum Gasteiger partial charge on any atom is 0.115 e. The number of hydrogen-bond acceptors (Lipinski definition) is 1. The molecular weight excluding hydrogens is 248 g/mol. The van der Waals surface area contributed by atoms with Crippen molar-refractivity contribution < 1.29 is 10.4 Å². The molecule has 2 aromatic carbocycles. The molecule has 0 radical (unpaired) electrons. The van der Waals surface area contributed by atoms with E-state index in [0.717, 1.165) is 19.5 Å². The Morgan fingerprint density at radius 2 is 1.80 bits per heavy atom. The Morgan fingerprint density at radius 3 is 2.65 bits per heavy atom. The fraction of sp³-hybridized carbons (Fsp3) is 0.176. The molecule has 0 saturated carbocycles. The zero-order valence-electron chi connectivity index (χ0n) is 11.3. The first kappa shape index (κ1) is 12.8. The van der Waals surface area contributed by atoms with E-state index >= 15 is 0 Å². The molecule has 0 saturated heterocycles. The van der Waals surface area contributed by atoms with Crippen LogP contribution in [0.5, 0.6) is 5.75 Å². The second-order valence-electron chi connectivity index (χ2n) is 5.06. The molecule has 0 fully saturated rings. The molecule has 0 aliphatic carbocycles. The van der Waals surface area contributed by atoms with E-state index in [1.807, 2.05) is 12.1 Å². The predicted octanol–water partition coefficient (Wildman–Crippen LogP) is 2.18. The van der Waals surface area contributed by atoms with Gasteiger partial charge in [0.2, 0.25) is 0 Å². The van der Waals surface area contributed by atoms with Crippen LogP contribution in [-0.4, -0.2) is 16.6 Å². The van der Waals surface area contributed by atoms with Gasteiger partial charge >= 0.3 is 0 Å². The van der Waals surface area contributed by atoms with Crippen LogP contribution in [-0.2, 0) is 13.0 Å². The highest BCUT2D eigenvalue weighted by Gasteiger charge is 2.03. The molecule has 4 N–H and O–H groups in total. The van der Waals surface area contributed by atoms with Gasteiger partial charge in [-0.2, -0.15) is 0 Å². The molecular formula is C17H19N2O+. The summed E-state index contributed by atoms with van der Waals surface area (Å²) in [5.74, 6) is 0.326. The molecule has 20 heavy (non-hydrogen) atoms. The summed E-state index contributed by atoms with van der Waals surface area (Å²) < 4.78 is 0. The van der Waals surface area contributed by atoms with E-state index in [0.29, 0.717) is 5.75 Å². The molecule has 0 atom stereocenters. The van der Waals surface area contributed by atoms with Gasteiger partial charge in [0.25, 0.3) is 0 Å². The van der Waals surface area contributed by atoms with Crippen LogP contribution in [0.1, 0.15) is 11.1 Å². The molecule has 3 rings (SSSR count). The lowest BCUT2D eigenvalue weighted by Gasteiger charge is -2.02. The average Bonchev–Trinajstić information content (AvgIpc) is 2.89. The number of phenolic OH excluding ortho intramolecular Hbond substituents is 1. The van der Waals surface area contributed by atoms with E-state index in [2.05, 4.69) is 40.8 Å². The van der Waals surface area contributed by atoms with Crippen LogP contribution >= 0.6 is 0 Å². The third-order valence-electron chi connectivity index (χ3n) is 3.61. The van der Waals surface area contributed by atoms with Crippen LogP contribution < -0.4 is 5.32 Å². The molecule has 0 amide bonds. The number of nitrogens with one attached hydrogen (secondary N) is 1. The normalized spacial score (nSPS) is 11.0. The second kappa shape index (κ2) is 5.80. The zero-order valence-corrected chi connectivity index (χ0v) is 11.3. The summed E-state index contributed by atoms with van der Waals surface area (Å²) in [6.07, 6.45) is 3.17. The molecule has 1 aromatic heterocycles. The lowest BCUT2D eigenvalue weighted by molar-refractivity contribution is -0.670. The first-order valence-electron chi connectivity index (χ1n) is 6.97. The van der Waals surface area contributed by atoms with Crippen LogP contribution in [0.25, 0.3) is 10.9 Å². The smallest absolute Gasteiger partial charge is 0.115 e. The molecule has 102 valence electrons. The lowest BCUT2D eigenvalue weighted by atomic mass is 10.1. The highest BCUT2D eigenvalue weighted by atomic mass is 16.3. The number of fused-ring (bicyclic) bond motifs is 1. The summed E-state index contributed by atoms with van der Waals surface area (Å²) in [5, 5.41) is 12.9. The Hall–Kier alpha value is -2.26. The van der Waals surface area contributed by atoms with Gasteiger partial charge in [0, 0.05) is 29.1 Å². The van der Waals surface area contributed by atoms with E-state index in [-0.39, 0.29) is 0 Å². The van der Waals surface area contributed by atoms with Crippen molar-refractivity contribution in [2.24, 2.45) is 0 Å². The number of nitrogens with two attached hydrogens (primary N) is 1. The maximum atomic E-state index is 9.24. The highest BCUT2D eigenvalue weighted by molar-refractivity contribution is 5.82. The first-order valence-corrected chi connectivity index (χ1v) is 6.97. The topological polar surface area (TPSA) is 52.6 Å². The Labute approximate surface area is 118 Å². The summed E-state index contributed by atoms with van der Waals surface area (Å²) in [6.45, 7) is 2.01.